The van der Waals surface area contributed by atoms with Crippen LogP contribution in [-0.2, 0) is 4.79 Å². The maximum atomic E-state index is 10.7. The summed E-state index contributed by atoms with van der Waals surface area (Å²) < 4.78 is 5.70. The largest absolute Gasteiger partial charge is 0.493 e. The van der Waals surface area contributed by atoms with Crippen LogP contribution in [-0.4, -0.2) is 17.7 Å². The number of hydrogen-bond donors (Lipinski definition) is 2. The third kappa shape index (κ3) is 4.11. The van der Waals surface area contributed by atoms with Crippen molar-refractivity contribution < 1.29 is 14.6 Å². The molecule has 2 rings (SSSR count). The predicted molar refractivity (Wildman–Crippen MR) is 73.5 cm³/mol. The average Bonchev–Trinajstić information content (AvgIpc) is 2.25. The van der Waals surface area contributed by atoms with Crippen molar-refractivity contribution in [1.29, 1.82) is 0 Å². The van der Waals surface area contributed by atoms with Crippen LogP contribution in [0.4, 0.5) is 0 Å². The van der Waals surface area contributed by atoms with Crippen molar-refractivity contribution >= 4 is 17.6 Å². The second kappa shape index (κ2) is 6.26. The first kappa shape index (κ1) is 14.2. The zero-order valence-electron chi connectivity index (χ0n) is 10.6. The van der Waals surface area contributed by atoms with E-state index in [9.17, 15) is 4.79 Å². The lowest BCUT2D eigenvalue weighted by molar-refractivity contribution is -0.137. The molecule has 0 aromatic heterocycles. The molecule has 0 radical (unpaired) electrons. The van der Waals surface area contributed by atoms with Gasteiger partial charge in [0, 0.05) is 11.1 Å². The number of halogens is 1. The van der Waals surface area contributed by atoms with Gasteiger partial charge < -0.3 is 15.6 Å². The van der Waals surface area contributed by atoms with E-state index in [0.29, 0.717) is 28.9 Å². The van der Waals surface area contributed by atoms with Gasteiger partial charge in [0.25, 0.3) is 0 Å². The lowest BCUT2D eigenvalue weighted by atomic mass is 9.86. The SMILES string of the molecule is NC(CC(=O)O)c1cc(Cl)cc(OCC2CCC2)c1. The minimum atomic E-state index is -0.926. The molecule has 5 heteroatoms. The Hall–Kier alpha value is -1.26. The predicted octanol–water partition coefficient (Wildman–Crippen LogP) is 2.99. The first-order valence-electron chi connectivity index (χ1n) is 6.45. The highest BCUT2D eigenvalue weighted by Gasteiger charge is 2.18. The van der Waals surface area contributed by atoms with Gasteiger partial charge in [0.15, 0.2) is 0 Å². The van der Waals surface area contributed by atoms with Gasteiger partial charge in [-0.15, -0.1) is 0 Å². The van der Waals surface area contributed by atoms with Crippen LogP contribution in [0, 0.1) is 5.92 Å². The summed E-state index contributed by atoms with van der Waals surface area (Å²) in [5.74, 6) is 0.370. The van der Waals surface area contributed by atoms with Crippen LogP contribution >= 0.6 is 11.6 Å². The smallest absolute Gasteiger partial charge is 0.305 e. The van der Waals surface area contributed by atoms with Gasteiger partial charge in [-0.05, 0) is 42.5 Å². The van der Waals surface area contributed by atoms with E-state index < -0.39 is 12.0 Å². The van der Waals surface area contributed by atoms with Crippen molar-refractivity contribution in [3.05, 3.63) is 28.8 Å². The molecule has 1 saturated carbocycles. The average molecular weight is 284 g/mol. The standard InChI is InChI=1S/C14H18ClNO3/c15-11-4-10(13(16)7-14(17)18)5-12(6-11)19-8-9-2-1-3-9/h4-6,9,13H,1-3,7-8,16H2,(H,17,18). The van der Waals surface area contributed by atoms with E-state index in [1.165, 1.54) is 19.3 Å². The highest BCUT2D eigenvalue weighted by atomic mass is 35.5. The first-order chi connectivity index (χ1) is 9.04. The molecule has 1 aromatic rings. The number of carbonyl (C=O) groups is 1. The van der Waals surface area contributed by atoms with Gasteiger partial charge in [0.2, 0.25) is 0 Å². The van der Waals surface area contributed by atoms with Crippen molar-refractivity contribution in [3.63, 3.8) is 0 Å². The summed E-state index contributed by atoms with van der Waals surface area (Å²) in [7, 11) is 0. The van der Waals surface area contributed by atoms with E-state index in [2.05, 4.69) is 0 Å². The number of benzene rings is 1. The summed E-state index contributed by atoms with van der Waals surface area (Å²) in [5.41, 5.74) is 6.53. The Balaban J connectivity index is 2.02. The van der Waals surface area contributed by atoms with Crippen LogP contribution in [0.3, 0.4) is 0 Å². The van der Waals surface area contributed by atoms with E-state index in [4.69, 9.17) is 27.2 Å². The van der Waals surface area contributed by atoms with Gasteiger partial charge in [-0.25, -0.2) is 0 Å². The molecular weight excluding hydrogens is 266 g/mol. The Kier molecular flexibility index (Phi) is 4.66. The van der Waals surface area contributed by atoms with Crippen LogP contribution in [0.25, 0.3) is 0 Å². The summed E-state index contributed by atoms with van der Waals surface area (Å²) in [4.78, 5) is 10.7. The number of carboxylic acids is 1. The molecule has 3 N–H and O–H groups in total. The fraction of sp³-hybridized carbons (Fsp3) is 0.500. The number of nitrogens with two attached hydrogens (primary N) is 1. The Morgan fingerprint density at radius 1 is 1.47 bits per heavy atom. The summed E-state index contributed by atoms with van der Waals surface area (Å²) in [6.07, 6.45) is 3.58. The maximum absolute atomic E-state index is 10.7. The van der Waals surface area contributed by atoms with E-state index in [0.717, 1.165) is 0 Å². The Morgan fingerprint density at radius 3 is 2.79 bits per heavy atom. The van der Waals surface area contributed by atoms with Gasteiger partial charge in [0.05, 0.1) is 13.0 Å². The van der Waals surface area contributed by atoms with Gasteiger partial charge in [0.1, 0.15) is 5.75 Å². The molecule has 0 amide bonds. The maximum Gasteiger partial charge on any atom is 0.305 e. The van der Waals surface area contributed by atoms with Gasteiger partial charge in [-0.2, -0.15) is 0 Å². The van der Waals surface area contributed by atoms with Crippen LogP contribution in [0.5, 0.6) is 5.75 Å². The zero-order valence-corrected chi connectivity index (χ0v) is 11.4. The molecule has 0 aliphatic heterocycles. The molecule has 0 spiro atoms. The number of ether oxygens (including phenoxy) is 1. The van der Waals surface area contributed by atoms with Gasteiger partial charge in [-0.3, -0.25) is 4.79 Å². The molecule has 0 heterocycles. The topological polar surface area (TPSA) is 72.6 Å². The van der Waals surface area contributed by atoms with Crippen LogP contribution < -0.4 is 10.5 Å². The quantitative estimate of drug-likeness (QED) is 0.842. The molecule has 1 aromatic carbocycles. The fourth-order valence-electron chi connectivity index (χ4n) is 2.06. The summed E-state index contributed by atoms with van der Waals surface area (Å²) in [5, 5.41) is 9.27. The summed E-state index contributed by atoms with van der Waals surface area (Å²) in [6, 6.07) is 4.63. The zero-order chi connectivity index (χ0) is 13.8. The Morgan fingerprint density at radius 2 is 2.21 bits per heavy atom. The highest BCUT2D eigenvalue weighted by Crippen LogP contribution is 2.29. The molecule has 1 atom stereocenters. The molecule has 1 unspecified atom stereocenters. The van der Waals surface area contributed by atoms with Crippen molar-refractivity contribution in [2.24, 2.45) is 11.7 Å². The van der Waals surface area contributed by atoms with Crippen molar-refractivity contribution in [2.75, 3.05) is 6.61 Å². The van der Waals surface area contributed by atoms with E-state index in [1.807, 2.05) is 0 Å². The lowest BCUT2D eigenvalue weighted by Gasteiger charge is -2.25. The fourth-order valence-corrected chi connectivity index (χ4v) is 2.29. The molecule has 1 fully saturated rings. The molecule has 1 aliphatic rings. The molecule has 4 nitrogen and oxygen atoms in total. The van der Waals surface area contributed by atoms with Gasteiger partial charge >= 0.3 is 5.97 Å². The minimum Gasteiger partial charge on any atom is -0.493 e. The molecule has 104 valence electrons. The molecule has 0 bridgehead atoms. The number of hydrogen-bond acceptors (Lipinski definition) is 3. The Bertz CT molecular complexity index is 460. The number of carboxylic acid groups (broad SMARTS) is 1. The lowest BCUT2D eigenvalue weighted by Crippen LogP contribution is -2.19. The third-order valence-corrected chi connectivity index (χ3v) is 3.64. The van der Waals surface area contributed by atoms with Crippen molar-refractivity contribution in [3.8, 4) is 5.75 Å². The van der Waals surface area contributed by atoms with Crippen molar-refractivity contribution in [1.82, 2.24) is 0 Å². The van der Waals surface area contributed by atoms with E-state index >= 15 is 0 Å². The van der Waals surface area contributed by atoms with Crippen LogP contribution in [0.1, 0.15) is 37.3 Å². The first-order valence-corrected chi connectivity index (χ1v) is 6.83. The molecule has 1 aliphatic carbocycles. The van der Waals surface area contributed by atoms with E-state index in [-0.39, 0.29) is 6.42 Å². The normalized spacial score (nSPS) is 16.7. The monoisotopic (exact) mass is 283 g/mol. The van der Waals surface area contributed by atoms with Crippen LogP contribution in [0.2, 0.25) is 5.02 Å². The molecular formula is C14H18ClNO3. The summed E-state index contributed by atoms with van der Waals surface area (Å²) in [6.45, 7) is 0.688. The van der Waals surface area contributed by atoms with Crippen molar-refractivity contribution in [2.45, 2.75) is 31.7 Å². The van der Waals surface area contributed by atoms with Crippen LogP contribution in [0.15, 0.2) is 18.2 Å². The minimum absolute atomic E-state index is 0.123. The molecule has 0 saturated heterocycles. The highest BCUT2D eigenvalue weighted by molar-refractivity contribution is 6.30. The summed E-state index contributed by atoms with van der Waals surface area (Å²) >= 11 is 6.01. The second-order valence-electron chi connectivity index (χ2n) is 5.03. The van der Waals surface area contributed by atoms with Gasteiger partial charge in [-0.1, -0.05) is 18.0 Å². The molecule has 19 heavy (non-hydrogen) atoms. The third-order valence-electron chi connectivity index (χ3n) is 3.43. The Labute approximate surface area is 117 Å². The number of rotatable bonds is 6. The van der Waals surface area contributed by atoms with E-state index in [1.54, 1.807) is 18.2 Å². The number of aliphatic carboxylic acids is 1. The second-order valence-corrected chi connectivity index (χ2v) is 5.47.